The van der Waals surface area contributed by atoms with E-state index in [9.17, 15) is 9.59 Å². The van der Waals surface area contributed by atoms with E-state index < -0.39 is 12.0 Å². The highest BCUT2D eigenvalue weighted by Gasteiger charge is 2.15. The molecule has 1 aromatic heterocycles. The molecule has 0 aromatic carbocycles. The summed E-state index contributed by atoms with van der Waals surface area (Å²) in [7, 11) is 0. The number of amides is 1. The van der Waals surface area contributed by atoms with Crippen molar-refractivity contribution in [2.75, 3.05) is 0 Å². The first-order valence-corrected chi connectivity index (χ1v) is 9.11. The number of unbranched alkanes of at least 4 members (excludes halogenated alkanes) is 4. The van der Waals surface area contributed by atoms with Crippen LogP contribution >= 0.6 is 0 Å². The van der Waals surface area contributed by atoms with Crippen molar-refractivity contribution in [1.82, 2.24) is 10.3 Å². The third kappa shape index (κ3) is 5.95. The van der Waals surface area contributed by atoms with Crippen LogP contribution in [-0.4, -0.2) is 28.5 Å². The normalized spacial score (nSPS) is 14.7. The fraction of sp³-hybridized carbons (Fsp3) is 0.632. The summed E-state index contributed by atoms with van der Waals surface area (Å²) in [5.74, 6) is -0.958. The maximum Gasteiger partial charge on any atom is 0.326 e. The van der Waals surface area contributed by atoms with Crippen LogP contribution in [0.4, 0.5) is 0 Å². The standard InChI is InChI=1S/C19H28N2O3/c22-14-20-18(19(23)24)11-5-3-1-2-4-9-16-13-12-15-8-6-7-10-17(15)21-16/h12-14,18H,1-11H2,(H,20,22)(H,23,24)/t18-/m0/s1. The second-order valence-electron chi connectivity index (χ2n) is 6.60. The van der Waals surface area contributed by atoms with Gasteiger partial charge in [-0.05, 0) is 56.6 Å². The lowest BCUT2D eigenvalue weighted by Gasteiger charge is -2.15. The number of aliphatic carboxylic acids is 1. The van der Waals surface area contributed by atoms with E-state index in [4.69, 9.17) is 10.1 Å². The number of nitrogens with zero attached hydrogens (tertiary/aromatic N) is 1. The molecule has 1 aliphatic rings. The van der Waals surface area contributed by atoms with Gasteiger partial charge in [0.05, 0.1) is 0 Å². The Balaban J connectivity index is 1.58. The van der Waals surface area contributed by atoms with Crippen molar-refractivity contribution in [1.29, 1.82) is 0 Å². The van der Waals surface area contributed by atoms with Crippen LogP contribution in [0.1, 0.15) is 68.3 Å². The zero-order valence-electron chi connectivity index (χ0n) is 14.3. The molecule has 1 atom stereocenters. The van der Waals surface area contributed by atoms with Crippen molar-refractivity contribution in [2.24, 2.45) is 0 Å². The second-order valence-corrected chi connectivity index (χ2v) is 6.60. The molecule has 132 valence electrons. The molecule has 0 radical (unpaired) electrons. The summed E-state index contributed by atoms with van der Waals surface area (Å²) in [6.45, 7) is 0. The number of hydrogen-bond acceptors (Lipinski definition) is 3. The van der Waals surface area contributed by atoms with Gasteiger partial charge in [0.1, 0.15) is 6.04 Å². The predicted octanol–water partition coefficient (Wildman–Crippen LogP) is 3.04. The minimum Gasteiger partial charge on any atom is -0.480 e. The third-order valence-corrected chi connectivity index (χ3v) is 4.73. The summed E-state index contributed by atoms with van der Waals surface area (Å²) in [6, 6.07) is 3.68. The lowest BCUT2D eigenvalue weighted by atomic mass is 9.95. The van der Waals surface area contributed by atoms with Crippen LogP contribution < -0.4 is 5.32 Å². The molecular weight excluding hydrogens is 304 g/mol. The van der Waals surface area contributed by atoms with E-state index in [2.05, 4.69) is 17.4 Å². The topological polar surface area (TPSA) is 79.3 Å². The molecule has 1 heterocycles. The Kier molecular flexibility index (Phi) is 7.72. The van der Waals surface area contributed by atoms with Crippen LogP contribution in [0.3, 0.4) is 0 Å². The van der Waals surface area contributed by atoms with Gasteiger partial charge in [0.15, 0.2) is 0 Å². The quantitative estimate of drug-likeness (QED) is 0.482. The molecule has 2 N–H and O–H groups in total. The summed E-state index contributed by atoms with van der Waals surface area (Å²) < 4.78 is 0. The van der Waals surface area contributed by atoms with Crippen molar-refractivity contribution in [3.05, 3.63) is 29.1 Å². The molecular formula is C19H28N2O3. The number of aromatic nitrogens is 1. The molecule has 0 bridgehead atoms. The largest absolute Gasteiger partial charge is 0.480 e. The Bertz CT molecular complexity index is 545. The maximum atomic E-state index is 10.9. The van der Waals surface area contributed by atoms with Crippen LogP contribution in [0.15, 0.2) is 12.1 Å². The van der Waals surface area contributed by atoms with Gasteiger partial charge in [-0.2, -0.15) is 0 Å². The Labute approximate surface area is 143 Å². The van der Waals surface area contributed by atoms with Crippen molar-refractivity contribution < 1.29 is 14.7 Å². The fourth-order valence-corrected chi connectivity index (χ4v) is 3.31. The van der Waals surface area contributed by atoms with Gasteiger partial charge < -0.3 is 10.4 Å². The molecule has 5 nitrogen and oxygen atoms in total. The monoisotopic (exact) mass is 332 g/mol. The van der Waals surface area contributed by atoms with Crippen LogP contribution in [0.25, 0.3) is 0 Å². The van der Waals surface area contributed by atoms with Crippen LogP contribution in [-0.2, 0) is 28.9 Å². The van der Waals surface area contributed by atoms with Crippen LogP contribution in [0, 0.1) is 0 Å². The highest BCUT2D eigenvalue weighted by Crippen LogP contribution is 2.20. The van der Waals surface area contributed by atoms with Gasteiger partial charge in [-0.3, -0.25) is 9.78 Å². The van der Waals surface area contributed by atoms with Gasteiger partial charge >= 0.3 is 5.97 Å². The van der Waals surface area contributed by atoms with E-state index in [1.165, 1.54) is 36.2 Å². The van der Waals surface area contributed by atoms with Gasteiger partial charge in [0.2, 0.25) is 6.41 Å². The van der Waals surface area contributed by atoms with E-state index in [1.54, 1.807) is 0 Å². The predicted molar refractivity (Wildman–Crippen MR) is 92.9 cm³/mol. The van der Waals surface area contributed by atoms with Gasteiger partial charge in [0, 0.05) is 11.4 Å². The first-order chi connectivity index (χ1) is 11.7. The van der Waals surface area contributed by atoms with Gasteiger partial charge in [0.25, 0.3) is 0 Å². The molecule has 1 aromatic rings. The summed E-state index contributed by atoms with van der Waals surface area (Å²) >= 11 is 0. The van der Waals surface area contributed by atoms with Crippen molar-refractivity contribution >= 4 is 12.4 Å². The Morgan fingerprint density at radius 3 is 2.71 bits per heavy atom. The molecule has 2 rings (SSSR count). The molecule has 0 saturated heterocycles. The Morgan fingerprint density at radius 2 is 1.92 bits per heavy atom. The molecule has 0 saturated carbocycles. The highest BCUT2D eigenvalue weighted by atomic mass is 16.4. The van der Waals surface area contributed by atoms with Gasteiger partial charge in [-0.25, -0.2) is 4.79 Å². The molecule has 0 unspecified atom stereocenters. The van der Waals surface area contributed by atoms with E-state index in [-0.39, 0.29) is 0 Å². The zero-order chi connectivity index (χ0) is 17.2. The Hall–Kier alpha value is -1.91. The van der Waals surface area contributed by atoms with Crippen molar-refractivity contribution in [3.8, 4) is 0 Å². The molecule has 0 aliphatic heterocycles. The fourth-order valence-electron chi connectivity index (χ4n) is 3.31. The van der Waals surface area contributed by atoms with Gasteiger partial charge in [-0.1, -0.05) is 31.7 Å². The van der Waals surface area contributed by atoms with E-state index >= 15 is 0 Å². The number of rotatable bonds is 11. The average Bonchev–Trinajstić information content (AvgIpc) is 2.59. The molecule has 1 amide bonds. The summed E-state index contributed by atoms with van der Waals surface area (Å²) in [6.07, 6.45) is 12.0. The number of nitrogens with one attached hydrogen (secondary N) is 1. The van der Waals surface area contributed by atoms with E-state index in [0.717, 1.165) is 44.9 Å². The molecule has 0 spiro atoms. The SMILES string of the molecule is O=CN[C@@H](CCCCCCCc1ccc2c(n1)CCCC2)C(=O)O. The van der Waals surface area contributed by atoms with Crippen molar-refractivity contribution in [3.63, 3.8) is 0 Å². The highest BCUT2D eigenvalue weighted by molar-refractivity contribution is 5.76. The molecule has 0 fully saturated rings. The number of carboxylic acid groups (broad SMARTS) is 1. The van der Waals surface area contributed by atoms with Crippen LogP contribution in [0.5, 0.6) is 0 Å². The molecule has 24 heavy (non-hydrogen) atoms. The summed E-state index contributed by atoms with van der Waals surface area (Å²) in [4.78, 5) is 26.0. The number of fused-ring (bicyclic) bond motifs is 1. The first-order valence-electron chi connectivity index (χ1n) is 9.11. The number of carbonyl (C=O) groups excluding carboxylic acids is 1. The lowest BCUT2D eigenvalue weighted by Crippen LogP contribution is -2.35. The number of hydrogen-bond donors (Lipinski definition) is 2. The minimum absolute atomic E-state index is 0.463. The Morgan fingerprint density at radius 1 is 1.17 bits per heavy atom. The summed E-state index contributed by atoms with van der Waals surface area (Å²) in [5, 5.41) is 11.3. The molecule has 5 heteroatoms. The van der Waals surface area contributed by atoms with E-state index in [0.29, 0.717) is 12.8 Å². The zero-order valence-corrected chi connectivity index (χ0v) is 14.3. The van der Waals surface area contributed by atoms with Crippen molar-refractivity contribution in [2.45, 2.75) is 76.7 Å². The first kappa shape index (κ1) is 18.4. The number of carbonyl (C=O) groups is 2. The van der Waals surface area contributed by atoms with E-state index in [1.807, 2.05) is 0 Å². The average molecular weight is 332 g/mol. The minimum atomic E-state index is -0.958. The summed E-state index contributed by atoms with van der Waals surface area (Å²) in [5.41, 5.74) is 3.94. The molecule has 1 aliphatic carbocycles. The number of carboxylic acids is 1. The number of aryl methyl sites for hydroxylation is 3. The van der Waals surface area contributed by atoms with Crippen LogP contribution in [0.2, 0.25) is 0 Å². The smallest absolute Gasteiger partial charge is 0.326 e. The lowest BCUT2D eigenvalue weighted by molar-refractivity contribution is -0.140. The number of pyridine rings is 1. The second kappa shape index (κ2) is 10.1. The van der Waals surface area contributed by atoms with Gasteiger partial charge in [-0.15, -0.1) is 0 Å². The maximum absolute atomic E-state index is 10.9. The third-order valence-electron chi connectivity index (χ3n) is 4.73.